The van der Waals surface area contributed by atoms with Gasteiger partial charge in [-0.25, -0.2) is 4.98 Å². The molecule has 0 amide bonds. The number of nitrogens with one attached hydrogen (secondary N) is 1. The highest BCUT2D eigenvalue weighted by Crippen LogP contribution is 2.32. The predicted octanol–water partition coefficient (Wildman–Crippen LogP) is 2.59. The zero-order valence-corrected chi connectivity index (χ0v) is 11.8. The highest BCUT2D eigenvalue weighted by Gasteiger charge is 2.19. The predicted molar refractivity (Wildman–Crippen MR) is 74.8 cm³/mol. The summed E-state index contributed by atoms with van der Waals surface area (Å²) < 4.78 is 10.6. The van der Waals surface area contributed by atoms with E-state index >= 15 is 0 Å². The Bertz CT molecular complexity index is 392. The van der Waals surface area contributed by atoms with Crippen LogP contribution in [0, 0.1) is 0 Å². The molecule has 0 atom stereocenters. The number of methoxy groups -OCH3 is 1. The average Bonchev–Trinajstić information content (AvgIpc) is 2.48. The molecule has 106 valence electrons. The van der Waals surface area contributed by atoms with Crippen molar-refractivity contribution in [2.24, 2.45) is 0 Å². The molecule has 2 rings (SSSR count). The second kappa shape index (κ2) is 7.28. The normalized spacial score (nSPS) is 16.3. The first-order valence-electron chi connectivity index (χ1n) is 7.02. The van der Waals surface area contributed by atoms with E-state index < -0.39 is 0 Å². The lowest BCUT2D eigenvalue weighted by Gasteiger charge is -2.21. The fraction of sp³-hybridized carbons (Fsp3) is 0.714. The quantitative estimate of drug-likeness (QED) is 0.801. The molecule has 0 saturated heterocycles. The first-order valence-corrected chi connectivity index (χ1v) is 7.02. The van der Waals surface area contributed by atoms with E-state index in [1.807, 2.05) is 13.1 Å². The highest BCUT2D eigenvalue weighted by atomic mass is 16.5. The molecule has 1 aromatic heterocycles. The molecule has 0 unspecified atom stereocenters. The Morgan fingerprint density at radius 1 is 1.21 bits per heavy atom. The van der Waals surface area contributed by atoms with Crippen molar-refractivity contribution >= 4 is 5.82 Å². The van der Waals surface area contributed by atoms with Crippen molar-refractivity contribution in [3.05, 3.63) is 11.9 Å². The van der Waals surface area contributed by atoms with Gasteiger partial charge in [-0.1, -0.05) is 19.3 Å². The zero-order chi connectivity index (χ0) is 13.5. The van der Waals surface area contributed by atoms with Crippen molar-refractivity contribution < 1.29 is 9.47 Å². The van der Waals surface area contributed by atoms with Crippen LogP contribution in [-0.4, -0.2) is 37.3 Å². The topological polar surface area (TPSA) is 56.3 Å². The van der Waals surface area contributed by atoms with E-state index in [-0.39, 0.29) is 0 Å². The van der Waals surface area contributed by atoms with Gasteiger partial charge in [-0.15, -0.1) is 0 Å². The van der Waals surface area contributed by atoms with Gasteiger partial charge >= 0.3 is 0 Å². The summed E-state index contributed by atoms with van der Waals surface area (Å²) in [4.78, 5) is 9.12. The van der Waals surface area contributed by atoms with Crippen LogP contribution in [0.4, 0.5) is 5.82 Å². The maximum Gasteiger partial charge on any atom is 0.218 e. The van der Waals surface area contributed by atoms with Gasteiger partial charge < -0.3 is 14.8 Å². The number of hydrogen-bond donors (Lipinski definition) is 1. The molecule has 5 nitrogen and oxygen atoms in total. The standard InChI is InChI=1S/C14H23N3O2/c1-15-12-10-13(19-9-8-18-2)17-14(16-12)11-6-4-3-5-7-11/h10-11H,3-9H2,1-2H3,(H,15,16,17). The number of rotatable bonds is 6. The first-order chi connectivity index (χ1) is 9.33. The van der Waals surface area contributed by atoms with E-state index in [2.05, 4.69) is 15.3 Å². The summed E-state index contributed by atoms with van der Waals surface area (Å²) in [6.07, 6.45) is 6.25. The third kappa shape index (κ3) is 4.06. The van der Waals surface area contributed by atoms with Crippen molar-refractivity contribution in [2.45, 2.75) is 38.0 Å². The Kier molecular flexibility index (Phi) is 5.39. The van der Waals surface area contributed by atoms with Gasteiger partial charge in [-0.05, 0) is 12.8 Å². The van der Waals surface area contributed by atoms with Crippen molar-refractivity contribution in [1.29, 1.82) is 0 Å². The molecule has 0 radical (unpaired) electrons. The number of ether oxygens (including phenoxy) is 2. The SMILES string of the molecule is CNc1cc(OCCOC)nc(C2CCCCC2)n1. The molecule has 1 saturated carbocycles. The minimum atomic E-state index is 0.479. The van der Waals surface area contributed by atoms with Gasteiger partial charge in [0.15, 0.2) is 0 Å². The molecule has 19 heavy (non-hydrogen) atoms. The summed E-state index contributed by atoms with van der Waals surface area (Å²) in [5, 5.41) is 3.07. The maximum absolute atomic E-state index is 5.60. The van der Waals surface area contributed by atoms with E-state index in [0.717, 1.165) is 11.6 Å². The van der Waals surface area contributed by atoms with Crippen LogP contribution in [0.15, 0.2) is 6.07 Å². The Labute approximate surface area is 114 Å². The monoisotopic (exact) mass is 265 g/mol. The van der Waals surface area contributed by atoms with Gasteiger partial charge in [-0.2, -0.15) is 4.98 Å². The number of aromatic nitrogens is 2. The van der Waals surface area contributed by atoms with Crippen molar-refractivity contribution in [1.82, 2.24) is 9.97 Å². The van der Waals surface area contributed by atoms with E-state index in [1.165, 1.54) is 32.1 Å². The molecule has 1 aliphatic rings. The highest BCUT2D eigenvalue weighted by molar-refractivity contribution is 5.38. The second-order valence-corrected chi connectivity index (χ2v) is 4.88. The van der Waals surface area contributed by atoms with Gasteiger partial charge in [0.25, 0.3) is 0 Å². The number of anilines is 1. The smallest absolute Gasteiger partial charge is 0.218 e. The molecule has 1 fully saturated rings. The van der Waals surface area contributed by atoms with Gasteiger partial charge in [0.05, 0.1) is 6.61 Å². The summed E-state index contributed by atoms with van der Waals surface area (Å²) in [5.74, 6) is 2.85. The van der Waals surface area contributed by atoms with Crippen LogP contribution >= 0.6 is 0 Å². The summed E-state index contributed by atoms with van der Waals surface area (Å²) in [6, 6.07) is 1.84. The second-order valence-electron chi connectivity index (χ2n) is 4.88. The van der Waals surface area contributed by atoms with Crippen molar-refractivity contribution in [3.63, 3.8) is 0 Å². The molecule has 1 aliphatic carbocycles. The summed E-state index contributed by atoms with van der Waals surface area (Å²) in [5.41, 5.74) is 0. The van der Waals surface area contributed by atoms with Crippen LogP contribution in [0.1, 0.15) is 43.8 Å². The average molecular weight is 265 g/mol. The molecule has 0 bridgehead atoms. The van der Waals surface area contributed by atoms with Crippen LogP contribution in [0.2, 0.25) is 0 Å². The molecule has 0 spiro atoms. The Morgan fingerprint density at radius 2 is 2.00 bits per heavy atom. The Morgan fingerprint density at radius 3 is 2.68 bits per heavy atom. The summed E-state index contributed by atoms with van der Waals surface area (Å²) in [6.45, 7) is 1.08. The van der Waals surface area contributed by atoms with Gasteiger partial charge in [-0.3, -0.25) is 0 Å². The van der Waals surface area contributed by atoms with Crippen LogP contribution in [0.25, 0.3) is 0 Å². The van der Waals surface area contributed by atoms with Crippen LogP contribution in [-0.2, 0) is 4.74 Å². The van der Waals surface area contributed by atoms with Gasteiger partial charge in [0.2, 0.25) is 5.88 Å². The minimum Gasteiger partial charge on any atom is -0.475 e. The number of nitrogens with zero attached hydrogens (tertiary/aromatic N) is 2. The Balaban J connectivity index is 2.10. The lowest BCUT2D eigenvalue weighted by molar-refractivity contribution is 0.143. The molecule has 5 heteroatoms. The Hall–Kier alpha value is -1.36. The zero-order valence-electron chi connectivity index (χ0n) is 11.8. The van der Waals surface area contributed by atoms with Crippen LogP contribution < -0.4 is 10.1 Å². The van der Waals surface area contributed by atoms with E-state index in [4.69, 9.17) is 9.47 Å². The van der Waals surface area contributed by atoms with Crippen molar-refractivity contribution in [3.8, 4) is 5.88 Å². The minimum absolute atomic E-state index is 0.479. The fourth-order valence-corrected chi connectivity index (χ4v) is 2.42. The van der Waals surface area contributed by atoms with Gasteiger partial charge in [0.1, 0.15) is 18.2 Å². The fourth-order valence-electron chi connectivity index (χ4n) is 2.42. The molecule has 1 aromatic rings. The third-order valence-electron chi connectivity index (χ3n) is 3.48. The third-order valence-corrected chi connectivity index (χ3v) is 3.48. The van der Waals surface area contributed by atoms with Crippen molar-refractivity contribution in [2.75, 3.05) is 32.7 Å². The molecule has 1 heterocycles. The van der Waals surface area contributed by atoms with Crippen LogP contribution in [0.5, 0.6) is 5.88 Å². The molecular formula is C14H23N3O2. The summed E-state index contributed by atoms with van der Waals surface area (Å²) in [7, 11) is 3.53. The first kappa shape index (κ1) is 14.1. The van der Waals surface area contributed by atoms with E-state index in [9.17, 15) is 0 Å². The molecule has 1 N–H and O–H groups in total. The van der Waals surface area contributed by atoms with Crippen LogP contribution in [0.3, 0.4) is 0 Å². The number of hydrogen-bond acceptors (Lipinski definition) is 5. The van der Waals surface area contributed by atoms with E-state index in [1.54, 1.807) is 7.11 Å². The van der Waals surface area contributed by atoms with Gasteiger partial charge in [0, 0.05) is 26.1 Å². The van der Waals surface area contributed by atoms with E-state index in [0.29, 0.717) is 25.0 Å². The lowest BCUT2D eigenvalue weighted by Crippen LogP contribution is -2.12. The largest absolute Gasteiger partial charge is 0.475 e. The molecular weight excluding hydrogens is 242 g/mol. The summed E-state index contributed by atoms with van der Waals surface area (Å²) >= 11 is 0. The molecule has 0 aliphatic heterocycles. The maximum atomic E-state index is 5.60. The lowest BCUT2D eigenvalue weighted by atomic mass is 9.89. The molecule has 0 aromatic carbocycles.